The van der Waals surface area contributed by atoms with Crippen LogP contribution in [0.15, 0.2) is 58.5 Å². The summed E-state index contributed by atoms with van der Waals surface area (Å²) in [5.41, 5.74) is 14.7. The molecule has 4 N–H and O–H groups in total. The van der Waals surface area contributed by atoms with Crippen LogP contribution in [0.2, 0.25) is 20.1 Å². The van der Waals surface area contributed by atoms with Gasteiger partial charge in [-0.15, -0.1) is 34.0 Å². The highest BCUT2D eigenvalue weighted by atomic mass is 79.9. The summed E-state index contributed by atoms with van der Waals surface area (Å²) >= 11 is 26.5. The number of benzene rings is 3. The molecule has 4 nitrogen and oxygen atoms in total. The number of nitrogens with zero attached hydrogens (tertiary/aromatic N) is 2. The van der Waals surface area contributed by atoms with Crippen molar-refractivity contribution in [1.29, 1.82) is 0 Å². The van der Waals surface area contributed by atoms with E-state index >= 15 is 0 Å². The molecule has 0 aliphatic heterocycles. The van der Waals surface area contributed by atoms with Crippen molar-refractivity contribution in [2.75, 3.05) is 0 Å². The molecule has 0 heterocycles. The summed E-state index contributed by atoms with van der Waals surface area (Å²) in [5, 5.41) is 1.25. The Labute approximate surface area is 256 Å². The SMILES string of the molecule is Br.Br.NC(=Nc1ccc(F)c(Cl)c1)SCc1cc(Cl)c(Cl)cc1CS/C(N)=N/c1ccc(F)c(Cl)c1. The molecule has 36 heavy (non-hydrogen) atoms. The molecule has 0 bridgehead atoms. The minimum absolute atomic E-state index is 0. The number of aliphatic imine (C=N–C) groups is 2. The lowest BCUT2D eigenvalue weighted by Crippen LogP contribution is -2.08. The largest absolute Gasteiger partial charge is 0.378 e. The van der Waals surface area contributed by atoms with Crippen LogP contribution in [-0.2, 0) is 11.5 Å². The maximum Gasteiger partial charge on any atom is 0.159 e. The molecule has 14 heteroatoms. The molecule has 0 aliphatic carbocycles. The zero-order valence-corrected chi connectivity index (χ0v) is 26.1. The molecule has 0 unspecified atom stereocenters. The van der Waals surface area contributed by atoms with Crippen molar-refractivity contribution in [2.45, 2.75) is 11.5 Å². The number of halogens is 8. The van der Waals surface area contributed by atoms with Gasteiger partial charge in [-0.1, -0.05) is 69.9 Å². The first-order valence-corrected chi connectivity index (χ1v) is 12.9. The van der Waals surface area contributed by atoms with E-state index in [4.69, 9.17) is 57.9 Å². The van der Waals surface area contributed by atoms with Crippen LogP contribution >= 0.6 is 104 Å². The molecule has 0 spiro atoms. The predicted octanol–water partition coefficient (Wildman–Crippen LogP) is 9.49. The maximum atomic E-state index is 13.3. The van der Waals surface area contributed by atoms with Crippen LogP contribution in [0.1, 0.15) is 11.1 Å². The van der Waals surface area contributed by atoms with Gasteiger partial charge in [-0.3, -0.25) is 0 Å². The smallest absolute Gasteiger partial charge is 0.159 e. The van der Waals surface area contributed by atoms with Crippen LogP contribution in [-0.4, -0.2) is 10.3 Å². The molecular formula is C22H18Br2Cl4F2N4S2. The second-order valence-electron chi connectivity index (χ2n) is 6.71. The average Bonchev–Trinajstić information content (AvgIpc) is 2.78. The Morgan fingerprint density at radius 1 is 0.639 bits per heavy atom. The highest BCUT2D eigenvalue weighted by Crippen LogP contribution is 2.31. The van der Waals surface area contributed by atoms with Gasteiger partial charge in [-0.2, -0.15) is 0 Å². The summed E-state index contributed by atoms with van der Waals surface area (Å²) in [7, 11) is 0. The van der Waals surface area contributed by atoms with Gasteiger partial charge >= 0.3 is 0 Å². The van der Waals surface area contributed by atoms with E-state index in [0.717, 1.165) is 11.1 Å². The van der Waals surface area contributed by atoms with Gasteiger partial charge in [-0.25, -0.2) is 18.8 Å². The fourth-order valence-electron chi connectivity index (χ4n) is 2.63. The van der Waals surface area contributed by atoms with E-state index in [9.17, 15) is 8.78 Å². The Bertz CT molecular complexity index is 1190. The van der Waals surface area contributed by atoms with E-state index in [0.29, 0.717) is 32.9 Å². The van der Waals surface area contributed by atoms with Gasteiger partial charge in [-0.05, 0) is 59.7 Å². The van der Waals surface area contributed by atoms with Gasteiger partial charge in [0.25, 0.3) is 0 Å². The van der Waals surface area contributed by atoms with Crippen molar-refractivity contribution < 1.29 is 8.78 Å². The zero-order valence-electron chi connectivity index (χ0n) is 18.0. The molecule has 0 radical (unpaired) electrons. The molecule has 0 atom stereocenters. The number of hydrogen-bond acceptors (Lipinski definition) is 4. The van der Waals surface area contributed by atoms with Gasteiger partial charge in [0.1, 0.15) is 11.6 Å². The van der Waals surface area contributed by atoms with Crippen LogP contribution in [0.4, 0.5) is 20.2 Å². The molecule has 0 saturated carbocycles. The summed E-state index contributed by atoms with van der Waals surface area (Å²) < 4.78 is 26.7. The fraction of sp³-hybridized carbons (Fsp3) is 0.0909. The monoisotopic (exact) mass is 738 g/mol. The fourth-order valence-corrected chi connectivity index (χ4v) is 4.84. The summed E-state index contributed by atoms with van der Waals surface area (Å²) in [6.07, 6.45) is 0. The number of hydrogen-bond donors (Lipinski definition) is 2. The number of rotatable bonds is 6. The molecule has 3 rings (SSSR count). The molecular weight excluding hydrogens is 724 g/mol. The maximum absolute atomic E-state index is 13.3. The second-order valence-corrected chi connectivity index (χ2v) is 10.3. The normalized spacial score (nSPS) is 11.6. The van der Waals surface area contributed by atoms with Crippen LogP contribution in [0, 0.1) is 11.6 Å². The summed E-state index contributed by atoms with van der Waals surface area (Å²) in [4.78, 5) is 8.49. The van der Waals surface area contributed by atoms with Crippen molar-refractivity contribution in [1.82, 2.24) is 0 Å². The van der Waals surface area contributed by atoms with Gasteiger partial charge in [0.2, 0.25) is 0 Å². The van der Waals surface area contributed by atoms with Crippen molar-refractivity contribution in [3.8, 4) is 0 Å². The molecule has 0 aromatic heterocycles. The Morgan fingerprint density at radius 3 is 1.33 bits per heavy atom. The van der Waals surface area contributed by atoms with Crippen molar-refractivity contribution in [3.63, 3.8) is 0 Å². The van der Waals surface area contributed by atoms with Gasteiger partial charge in [0, 0.05) is 11.5 Å². The number of thioether (sulfide) groups is 2. The van der Waals surface area contributed by atoms with Gasteiger partial charge in [0.05, 0.1) is 31.5 Å². The third-order valence-corrected chi connectivity index (χ3v) is 7.26. The summed E-state index contributed by atoms with van der Waals surface area (Å²) in [6, 6.07) is 11.7. The van der Waals surface area contributed by atoms with Crippen LogP contribution in [0.25, 0.3) is 0 Å². The molecule has 194 valence electrons. The Morgan fingerprint density at radius 2 is 1.00 bits per heavy atom. The molecule has 0 amide bonds. The third-order valence-electron chi connectivity index (χ3n) is 4.28. The highest BCUT2D eigenvalue weighted by Gasteiger charge is 2.11. The van der Waals surface area contributed by atoms with E-state index in [-0.39, 0.29) is 54.3 Å². The molecule has 0 aliphatic rings. The third kappa shape index (κ3) is 9.87. The van der Waals surface area contributed by atoms with Crippen LogP contribution in [0.3, 0.4) is 0 Å². The first-order chi connectivity index (χ1) is 16.1. The quantitative estimate of drug-likeness (QED) is 0.195. The minimum Gasteiger partial charge on any atom is -0.378 e. The standard InChI is InChI=1S/C22H16Cl4F2N4S2.2BrH/c23-15-5-11(9-33-21(29)31-13-1-3-19(27)17(25)7-13)12(6-16(15)24)10-34-22(30)32-14-2-4-20(28)18(26)8-14;;/h1-8H,9-10H2,(H2,29,31)(H2,30,32);2*1H. The highest BCUT2D eigenvalue weighted by molar-refractivity contribution is 8.93. The molecule has 3 aromatic carbocycles. The lowest BCUT2D eigenvalue weighted by molar-refractivity contribution is 0.628. The van der Waals surface area contributed by atoms with Crippen molar-refractivity contribution in [2.24, 2.45) is 21.5 Å². The summed E-state index contributed by atoms with van der Waals surface area (Å²) in [5.74, 6) is -0.172. The molecule has 0 fully saturated rings. The Balaban J connectivity index is 0.00000324. The van der Waals surface area contributed by atoms with E-state index in [1.165, 1.54) is 59.9 Å². The lowest BCUT2D eigenvalue weighted by Gasteiger charge is -2.11. The number of nitrogens with two attached hydrogens (primary N) is 2. The van der Waals surface area contributed by atoms with Crippen LogP contribution in [0.5, 0.6) is 0 Å². The Kier molecular flexibility index (Phi) is 14.5. The topological polar surface area (TPSA) is 76.8 Å². The molecule has 0 saturated heterocycles. The van der Waals surface area contributed by atoms with Crippen LogP contribution < -0.4 is 11.5 Å². The average molecular weight is 742 g/mol. The first-order valence-electron chi connectivity index (χ1n) is 9.43. The van der Waals surface area contributed by atoms with E-state index in [2.05, 4.69) is 9.98 Å². The van der Waals surface area contributed by atoms with Gasteiger partial charge in [0.15, 0.2) is 10.3 Å². The van der Waals surface area contributed by atoms with E-state index in [1.54, 1.807) is 12.1 Å². The Hall–Kier alpha value is -0.720. The second kappa shape index (κ2) is 15.6. The zero-order chi connectivity index (χ0) is 24.8. The first kappa shape index (κ1) is 33.3. The van der Waals surface area contributed by atoms with E-state index in [1.807, 2.05) is 0 Å². The van der Waals surface area contributed by atoms with E-state index < -0.39 is 11.6 Å². The lowest BCUT2D eigenvalue weighted by atomic mass is 10.1. The van der Waals surface area contributed by atoms with Gasteiger partial charge < -0.3 is 11.5 Å². The predicted molar refractivity (Wildman–Crippen MR) is 165 cm³/mol. The molecule has 3 aromatic rings. The van der Waals surface area contributed by atoms with Crippen molar-refractivity contribution in [3.05, 3.63) is 91.4 Å². The summed E-state index contributed by atoms with van der Waals surface area (Å²) in [6.45, 7) is 0. The van der Waals surface area contributed by atoms with Crippen molar-refractivity contribution >= 4 is 126 Å². The minimum atomic E-state index is -0.532. The number of amidine groups is 2.